The van der Waals surface area contributed by atoms with Crippen molar-refractivity contribution < 1.29 is 14.2 Å². The van der Waals surface area contributed by atoms with Crippen LogP contribution in [-0.4, -0.2) is 20.3 Å². The first-order valence-electron chi connectivity index (χ1n) is 4.18. The van der Waals surface area contributed by atoms with Crippen molar-refractivity contribution in [1.29, 1.82) is 0 Å². The second-order valence-corrected chi connectivity index (χ2v) is 2.85. The molecule has 1 aromatic rings. The van der Waals surface area contributed by atoms with Gasteiger partial charge in [-0.1, -0.05) is 0 Å². The summed E-state index contributed by atoms with van der Waals surface area (Å²) in [6.45, 7) is 3.13. The molecule has 3 nitrogen and oxygen atoms in total. The SMILES string of the molecule is COc1[c]c(C)c2c(c1)OCCO2. The van der Waals surface area contributed by atoms with Crippen LogP contribution in [0.3, 0.4) is 0 Å². The lowest BCUT2D eigenvalue weighted by Crippen LogP contribution is -2.16. The molecule has 0 aromatic heterocycles. The molecule has 0 N–H and O–H groups in total. The molecule has 3 heteroatoms. The Labute approximate surface area is 77.2 Å². The van der Waals surface area contributed by atoms with E-state index < -0.39 is 0 Å². The third-order valence-electron chi connectivity index (χ3n) is 1.94. The van der Waals surface area contributed by atoms with Gasteiger partial charge >= 0.3 is 0 Å². The lowest BCUT2D eigenvalue weighted by atomic mass is 10.2. The fourth-order valence-electron chi connectivity index (χ4n) is 1.34. The highest BCUT2D eigenvalue weighted by molar-refractivity contribution is 5.51. The third kappa shape index (κ3) is 1.41. The van der Waals surface area contributed by atoms with Crippen molar-refractivity contribution in [2.75, 3.05) is 20.3 Å². The van der Waals surface area contributed by atoms with E-state index in [2.05, 4.69) is 6.07 Å². The lowest BCUT2D eigenvalue weighted by molar-refractivity contribution is 0.169. The predicted octanol–water partition coefficient (Wildman–Crippen LogP) is 1.58. The van der Waals surface area contributed by atoms with Gasteiger partial charge in [0.2, 0.25) is 0 Å². The van der Waals surface area contributed by atoms with E-state index in [4.69, 9.17) is 14.2 Å². The standard InChI is InChI=1S/C10H11O3/c1-7-5-8(11-2)6-9-10(7)13-4-3-12-9/h6H,3-4H2,1-2H3. The first kappa shape index (κ1) is 8.23. The zero-order valence-electron chi connectivity index (χ0n) is 7.72. The number of ether oxygens (including phenoxy) is 3. The average Bonchev–Trinajstić information content (AvgIpc) is 2.18. The van der Waals surface area contributed by atoms with Gasteiger partial charge in [0.25, 0.3) is 0 Å². The molecule has 0 fully saturated rings. The molecule has 0 amide bonds. The second-order valence-electron chi connectivity index (χ2n) is 2.85. The van der Waals surface area contributed by atoms with E-state index in [0.717, 1.165) is 17.1 Å². The minimum atomic E-state index is 0.597. The molecule has 1 radical (unpaired) electrons. The Bertz CT molecular complexity index is 320. The van der Waals surface area contributed by atoms with E-state index in [0.29, 0.717) is 19.0 Å². The van der Waals surface area contributed by atoms with Gasteiger partial charge in [-0.3, -0.25) is 0 Å². The predicted molar refractivity (Wildman–Crippen MR) is 47.6 cm³/mol. The molecule has 1 heterocycles. The molecule has 2 rings (SSSR count). The third-order valence-corrected chi connectivity index (χ3v) is 1.94. The van der Waals surface area contributed by atoms with Gasteiger partial charge in [-0.25, -0.2) is 0 Å². The molecule has 0 unspecified atom stereocenters. The molecule has 0 aliphatic carbocycles. The van der Waals surface area contributed by atoms with E-state index in [1.807, 2.05) is 6.92 Å². The van der Waals surface area contributed by atoms with Crippen molar-refractivity contribution in [1.82, 2.24) is 0 Å². The summed E-state index contributed by atoms with van der Waals surface area (Å²) in [7, 11) is 1.61. The van der Waals surface area contributed by atoms with Crippen LogP contribution in [0.5, 0.6) is 17.2 Å². The van der Waals surface area contributed by atoms with Gasteiger partial charge in [-0.15, -0.1) is 0 Å². The molecule has 0 atom stereocenters. The Morgan fingerprint density at radius 1 is 1.38 bits per heavy atom. The minimum absolute atomic E-state index is 0.597. The molecule has 0 bridgehead atoms. The van der Waals surface area contributed by atoms with Crippen LogP contribution in [-0.2, 0) is 0 Å². The first-order valence-corrected chi connectivity index (χ1v) is 4.18. The van der Waals surface area contributed by atoms with Gasteiger partial charge < -0.3 is 14.2 Å². The van der Waals surface area contributed by atoms with Crippen LogP contribution in [0.2, 0.25) is 0 Å². The maximum absolute atomic E-state index is 5.44. The molecule has 0 saturated carbocycles. The number of methoxy groups -OCH3 is 1. The van der Waals surface area contributed by atoms with Gasteiger partial charge in [0.05, 0.1) is 7.11 Å². The summed E-state index contributed by atoms with van der Waals surface area (Å²) < 4.78 is 15.9. The van der Waals surface area contributed by atoms with Crippen LogP contribution in [0.1, 0.15) is 5.56 Å². The van der Waals surface area contributed by atoms with Crippen molar-refractivity contribution >= 4 is 0 Å². The van der Waals surface area contributed by atoms with Crippen LogP contribution in [0, 0.1) is 13.0 Å². The van der Waals surface area contributed by atoms with Gasteiger partial charge in [-0.2, -0.15) is 0 Å². The summed E-state index contributed by atoms with van der Waals surface area (Å²) in [6.07, 6.45) is 0. The van der Waals surface area contributed by atoms with Crippen molar-refractivity contribution in [3.8, 4) is 17.2 Å². The van der Waals surface area contributed by atoms with Gasteiger partial charge in [0, 0.05) is 17.7 Å². The molecule has 0 saturated heterocycles. The van der Waals surface area contributed by atoms with Gasteiger partial charge in [-0.05, 0) is 6.92 Å². The van der Waals surface area contributed by atoms with Gasteiger partial charge in [0.1, 0.15) is 19.0 Å². The van der Waals surface area contributed by atoms with Crippen molar-refractivity contribution in [3.63, 3.8) is 0 Å². The average molecular weight is 179 g/mol. The van der Waals surface area contributed by atoms with Crippen LogP contribution >= 0.6 is 0 Å². The number of benzene rings is 1. The number of hydrogen-bond acceptors (Lipinski definition) is 3. The van der Waals surface area contributed by atoms with E-state index in [1.54, 1.807) is 13.2 Å². The minimum Gasteiger partial charge on any atom is -0.496 e. The molecular formula is C10H11O3. The van der Waals surface area contributed by atoms with E-state index in [9.17, 15) is 0 Å². The Hall–Kier alpha value is -1.38. The van der Waals surface area contributed by atoms with E-state index in [-0.39, 0.29) is 0 Å². The number of rotatable bonds is 1. The lowest BCUT2D eigenvalue weighted by Gasteiger charge is -2.20. The smallest absolute Gasteiger partial charge is 0.165 e. The second kappa shape index (κ2) is 3.17. The van der Waals surface area contributed by atoms with E-state index >= 15 is 0 Å². The molecule has 69 valence electrons. The van der Waals surface area contributed by atoms with Crippen molar-refractivity contribution in [2.24, 2.45) is 0 Å². The van der Waals surface area contributed by atoms with Crippen molar-refractivity contribution in [2.45, 2.75) is 6.92 Å². The first-order chi connectivity index (χ1) is 6.31. The number of aryl methyl sites for hydroxylation is 1. The molecule has 13 heavy (non-hydrogen) atoms. The Balaban J connectivity index is 2.47. The van der Waals surface area contributed by atoms with E-state index in [1.165, 1.54) is 0 Å². The Kier molecular flexibility index (Phi) is 2.00. The summed E-state index contributed by atoms with van der Waals surface area (Å²) in [6, 6.07) is 4.85. The maximum atomic E-state index is 5.44. The summed E-state index contributed by atoms with van der Waals surface area (Å²) in [5, 5.41) is 0. The molecule has 1 aromatic carbocycles. The fourth-order valence-corrected chi connectivity index (χ4v) is 1.34. The fraction of sp³-hybridized carbons (Fsp3) is 0.400. The Morgan fingerprint density at radius 2 is 2.15 bits per heavy atom. The van der Waals surface area contributed by atoms with Gasteiger partial charge in [0.15, 0.2) is 11.5 Å². The van der Waals surface area contributed by atoms with Crippen LogP contribution < -0.4 is 14.2 Å². The molecular weight excluding hydrogens is 168 g/mol. The summed E-state index contributed by atoms with van der Waals surface area (Å²) in [4.78, 5) is 0. The van der Waals surface area contributed by atoms with Crippen LogP contribution in [0.15, 0.2) is 6.07 Å². The zero-order valence-corrected chi connectivity index (χ0v) is 7.72. The number of fused-ring (bicyclic) bond motifs is 1. The summed E-state index contributed by atoms with van der Waals surface area (Å²) >= 11 is 0. The highest BCUT2D eigenvalue weighted by Gasteiger charge is 2.15. The van der Waals surface area contributed by atoms with Crippen LogP contribution in [0.4, 0.5) is 0 Å². The summed E-state index contributed by atoms with van der Waals surface area (Å²) in [5.74, 6) is 2.22. The number of hydrogen-bond donors (Lipinski definition) is 0. The molecule has 0 spiro atoms. The Morgan fingerprint density at radius 3 is 2.92 bits per heavy atom. The topological polar surface area (TPSA) is 27.7 Å². The molecule has 1 aliphatic heterocycles. The highest BCUT2D eigenvalue weighted by Crippen LogP contribution is 2.36. The largest absolute Gasteiger partial charge is 0.496 e. The molecule has 1 aliphatic rings. The normalized spacial score (nSPS) is 14.0. The zero-order chi connectivity index (χ0) is 9.26. The van der Waals surface area contributed by atoms with Crippen molar-refractivity contribution in [3.05, 3.63) is 17.7 Å². The monoisotopic (exact) mass is 179 g/mol. The highest BCUT2D eigenvalue weighted by atomic mass is 16.6. The maximum Gasteiger partial charge on any atom is 0.165 e. The summed E-state index contributed by atoms with van der Waals surface area (Å²) in [5.41, 5.74) is 0.925. The van der Waals surface area contributed by atoms with Crippen LogP contribution in [0.25, 0.3) is 0 Å². The quantitative estimate of drug-likeness (QED) is 0.655.